The van der Waals surface area contributed by atoms with Crippen LogP contribution in [0.1, 0.15) is 18.1 Å². The Hall–Kier alpha value is -1.40. The molecular weight excluding hydrogens is 280 g/mol. The highest BCUT2D eigenvalue weighted by Crippen LogP contribution is 2.30. The number of benzene rings is 1. The quantitative estimate of drug-likeness (QED) is 0.945. The second-order valence-electron chi connectivity index (χ2n) is 4.22. The zero-order valence-corrected chi connectivity index (χ0v) is 12.6. The molecule has 19 heavy (non-hydrogen) atoms. The Morgan fingerprint density at radius 2 is 2.00 bits per heavy atom. The number of amides is 1. The molecule has 1 heterocycles. The van der Waals surface area contributed by atoms with E-state index < -0.39 is 0 Å². The molecule has 0 spiro atoms. The molecule has 0 saturated heterocycles. The zero-order chi connectivity index (χ0) is 14.0. The molecule has 100 valence electrons. The van der Waals surface area contributed by atoms with Gasteiger partial charge in [-0.2, -0.15) is 0 Å². The minimum Gasteiger partial charge on any atom is -0.301 e. The molecule has 1 amide bonds. The molecule has 0 fully saturated rings. The Kier molecular flexibility index (Phi) is 4.21. The van der Waals surface area contributed by atoms with E-state index in [-0.39, 0.29) is 16.8 Å². The molecule has 2 rings (SSSR count). The normalized spacial score (nSPS) is 10.7. The second kappa shape index (κ2) is 5.71. The maximum Gasteiger partial charge on any atom is 0.236 e. The minimum atomic E-state index is -0.199. The lowest BCUT2D eigenvalue weighted by Gasteiger charge is -1.98. The van der Waals surface area contributed by atoms with Gasteiger partial charge in [0.25, 0.3) is 0 Å². The van der Waals surface area contributed by atoms with E-state index in [1.807, 2.05) is 26.0 Å². The van der Waals surface area contributed by atoms with Gasteiger partial charge in [0.15, 0.2) is 10.2 Å². The first-order chi connectivity index (χ1) is 8.97. The highest BCUT2D eigenvalue weighted by atomic mass is 32.2. The molecule has 0 radical (unpaired) electrons. The van der Waals surface area contributed by atoms with Gasteiger partial charge in [-0.25, -0.2) is 4.98 Å². The number of anilines is 1. The fraction of sp³-hybridized carbons (Fsp3) is 0.308. The molecule has 0 saturated carbocycles. The van der Waals surface area contributed by atoms with Crippen molar-refractivity contribution >= 4 is 49.5 Å². The SMILES string of the molecule is CC(=O)SCC(=O)Nc1nc2c(C)ccc(C)c2s1. The van der Waals surface area contributed by atoms with Crippen molar-refractivity contribution in [3.05, 3.63) is 23.3 Å². The van der Waals surface area contributed by atoms with Crippen molar-refractivity contribution in [2.45, 2.75) is 20.8 Å². The Morgan fingerprint density at radius 1 is 1.32 bits per heavy atom. The number of carbonyl (C=O) groups is 2. The molecule has 0 aliphatic carbocycles. The van der Waals surface area contributed by atoms with Crippen LogP contribution in [-0.4, -0.2) is 21.8 Å². The van der Waals surface area contributed by atoms with Crippen molar-refractivity contribution in [1.29, 1.82) is 0 Å². The van der Waals surface area contributed by atoms with Gasteiger partial charge in [-0.15, -0.1) is 0 Å². The second-order valence-corrected chi connectivity index (χ2v) is 6.38. The number of thioether (sulfide) groups is 1. The van der Waals surface area contributed by atoms with Crippen molar-refractivity contribution in [3.8, 4) is 0 Å². The number of nitrogens with one attached hydrogen (secondary N) is 1. The van der Waals surface area contributed by atoms with Crippen molar-refractivity contribution < 1.29 is 9.59 Å². The molecule has 0 bridgehead atoms. The number of aryl methyl sites for hydroxylation is 2. The van der Waals surface area contributed by atoms with Crippen molar-refractivity contribution in [3.63, 3.8) is 0 Å². The maximum absolute atomic E-state index is 11.6. The molecule has 2 aromatic rings. The van der Waals surface area contributed by atoms with E-state index in [1.54, 1.807) is 0 Å². The number of fused-ring (bicyclic) bond motifs is 1. The van der Waals surface area contributed by atoms with Crippen molar-refractivity contribution in [2.24, 2.45) is 0 Å². The first-order valence-corrected chi connectivity index (χ1v) is 7.57. The highest BCUT2D eigenvalue weighted by Gasteiger charge is 2.11. The summed E-state index contributed by atoms with van der Waals surface area (Å²) in [5.74, 6) is -0.0713. The van der Waals surface area contributed by atoms with Crippen LogP contribution < -0.4 is 5.32 Å². The number of aromatic nitrogens is 1. The predicted octanol–water partition coefficient (Wildman–Crippen LogP) is 3.13. The molecule has 0 aliphatic heterocycles. The van der Waals surface area contributed by atoms with E-state index >= 15 is 0 Å². The van der Waals surface area contributed by atoms with E-state index in [2.05, 4.69) is 10.3 Å². The fourth-order valence-electron chi connectivity index (χ4n) is 1.64. The topological polar surface area (TPSA) is 59.1 Å². The van der Waals surface area contributed by atoms with Gasteiger partial charge in [-0.05, 0) is 25.0 Å². The average Bonchev–Trinajstić information content (AvgIpc) is 2.76. The van der Waals surface area contributed by atoms with Crippen molar-refractivity contribution in [2.75, 3.05) is 11.1 Å². The molecule has 4 nitrogen and oxygen atoms in total. The van der Waals surface area contributed by atoms with Crippen LogP contribution in [-0.2, 0) is 9.59 Å². The first kappa shape index (κ1) is 14.0. The van der Waals surface area contributed by atoms with Crippen LogP contribution in [0.5, 0.6) is 0 Å². The Morgan fingerprint density at radius 3 is 2.63 bits per heavy atom. The fourth-order valence-corrected chi connectivity index (χ4v) is 3.07. The van der Waals surface area contributed by atoms with Gasteiger partial charge in [0.05, 0.1) is 16.0 Å². The third-order valence-corrected chi connectivity index (χ3v) is 4.51. The van der Waals surface area contributed by atoms with E-state index in [0.717, 1.165) is 33.1 Å². The number of rotatable bonds is 3. The standard InChI is InChI=1S/C13H14N2O2S2/c1-7-4-5-8(2)12-11(7)15-13(19-12)14-10(17)6-18-9(3)16/h4-5H,6H2,1-3H3,(H,14,15,17). The summed E-state index contributed by atoms with van der Waals surface area (Å²) in [5, 5.41) is 3.26. The lowest BCUT2D eigenvalue weighted by Crippen LogP contribution is -2.14. The van der Waals surface area contributed by atoms with E-state index in [1.165, 1.54) is 18.3 Å². The predicted molar refractivity (Wildman–Crippen MR) is 80.9 cm³/mol. The van der Waals surface area contributed by atoms with Gasteiger partial charge in [0.2, 0.25) is 5.91 Å². The van der Waals surface area contributed by atoms with Gasteiger partial charge in [0.1, 0.15) is 0 Å². The summed E-state index contributed by atoms with van der Waals surface area (Å²) in [6.07, 6.45) is 0. The summed E-state index contributed by atoms with van der Waals surface area (Å²) < 4.78 is 1.09. The molecule has 0 aliphatic rings. The van der Waals surface area contributed by atoms with Crippen molar-refractivity contribution in [1.82, 2.24) is 4.98 Å². The molecule has 0 atom stereocenters. The highest BCUT2D eigenvalue weighted by molar-refractivity contribution is 8.14. The number of carbonyl (C=O) groups excluding carboxylic acids is 2. The summed E-state index contributed by atoms with van der Waals surface area (Å²) >= 11 is 2.46. The van der Waals surface area contributed by atoms with E-state index in [9.17, 15) is 9.59 Å². The van der Waals surface area contributed by atoms with Gasteiger partial charge < -0.3 is 5.32 Å². The molecule has 0 unspecified atom stereocenters. The number of thiazole rings is 1. The molecule has 6 heteroatoms. The van der Waals surface area contributed by atoms with Crippen LogP contribution in [0.25, 0.3) is 10.2 Å². The number of nitrogens with zero attached hydrogens (tertiary/aromatic N) is 1. The Balaban J connectivity index is 2.18. The molecular formula is C13H14N2O2S2. The molecule has 1 N–H and O–H groups in total. The third kappa shape index (κ3) is 3.33. The van der Waals surface area contributed by atoms with E-state index in [4.69, 9.17) is 0 Å². The summed E-state index contributed by atoms with van der Waals surface area (Å²) in [4.78, 5) is 26.9. The summed E-state index contributed by atoms with van der Waals surface area (Å²) in [6, 6.07) is 4.07. The maximum atomic E-state index is 11.6. The smallest absolute Gasteiger partial charge is 0.236 e. The first-order valence-electron chi connectivity index (χ1n) is 5.77. The van der Waals surface area contributed by atoms with Crippen LogP contribution in [0, 0.1) is 13.8 Å². The largest absolute Gasteiger partial charge is 0.301 e. The monoisotopic (exact) mass is 294 g/mol. The van der Waals surface area contributed by atoms with Crippen LogP contribution in [0.15, 0.2) is 12.1 Å². The Labute approximate surface area is 119 Å². The number of hydrogen-bond donors (Lipinski definition) is 1. The van der Waals surface area contributed by atoms with Crippen LogP contribution in [0.4, 0.5) is 5.13 Å². The number of hydrogen-bond acceptors (Lipinski definition) is 5. The van der Waals surface area contributed by atoms with Crippen LogP contribution >= 0.6 is 23.1 Å². The van der Waals surface area contributed by atoms with E-state index in [0.29, 0.717) is 5.13 Å². The van der Waals surface area contributed by atoms with Gasteiger partial charge >= 0.3 is 0 Å². The van der Waals surface area contributed by atoms with Gasteiger partial charge in [0, 0.05) is 6.92 Å². The minimum absolute atomic E-state index is 0.0638. The summed E-state index contributed by atoms with van der Waals surface area (Å²) in [6.45, 7) is 5.47. The third-order valence-electron chi connectivity index (χ3n) is 2.60. The summed E-state index contributed by atoms with van der Waals surface area (Å²) in [5.41, 5.74) is 3.17. The molecule has 1 aromatic heterocycles. The average molecular weight is 294 g/mol. The van der Waals surface area contributed by atoms with Gasteiger partial charge in [-0.3, -0.25) is 9.59 Å². The van der Waals surface area contributed by atoms with Crippen LogP contribution in [0.2, 0.25) is 0 Å². The lowest BCUT2D eigenvalue weighted by atomic mass is 10.1. The molecule has 1 aromatic carbocycles. The Bertz CT molecular complexity index is 610. The summed E-state index contributed by atoms with van der Waals surface area (Å²) in [7, 11) is 0. The zero-order valence-electron chi connectivity index (χ0n) is 10.9. The van der Waals surface area contributed by atoms with Gasteiger partial charge in [-0.1, -0.05) is 35.2 Å². The van der Waals surface area contributed by atoms with Crippen LogP contribution in [0.3, 0.4) is 0 Å². The lowest BCUT2D eigenvalue weighted by molar-refractivity contribution is -0.114.